The lowest BCUT2D eigenvalue weighted by atomic mass is 10.3. The first-order valence-corrected chi connectivity index (χ1v) is 7.92. The summed E-state index contributed by atoms with van der Waals surface area (Å²) in [5.74, 6) is 0.0975. The number of alkyl halides is 1. The van der Waals surface area contributed by atoms with Crippen molar-refractivity contribution in [2.75, 3.05) is 19.3 Å². The van der Waals surface area contributed by atoms with E-state index in [9.17, 15) is 8.42 Å². The lowest BCUT2D eigenvalue weighted by Gasteiger charge is -2.18. The van der Waals surface area contributed by atoms with Gasteiger partial charge in [-0.1, -0.05) is 28.9 Å². The number of hydrogen-bond donors (Lipinski definition) is 0. The van der Waals surface area contributed by atoms with Crippen LogP contribution in [0, 0.1) is 0 Å². The van der Waals surface area contributed by atoms with E-state index in [0.29, 0.717) is 13.0 Å². The van der Waals surface area contributed by atoms with Gasteiger partial charge in [-0.3, -0.25) is 4.98 Å². The van der Waals surface area contributed by atoms with Crippen LogP contribution in [0.5, 0.6) is 0 Å². The van der Waals surface area contributed by atoms with Gasteiger partial charge in [-0.25, -0.2) is 12.7 Å². The number of sulfonamides is 1. The Labute approximate surface area is 111 Å². The maximum atomic E-state index is 11.9. The molecule has 0 aromatic carbocycles. The third-order valence-electron chi connectivity index (χ3n) is 2.33. The van der Waals surface area contributed by atoms with E-state index >= 15 is 0 Å². The summed E-state index contributed by atoms with van der Waals surface area (Å²) in [6, 6.07) is 5.51. The van der Waals surface area contributed by atoms with Gasteiger partial charge in [0.1, 0.15) is 0 Å². The molecule has 1 unspecified atom stereocenters. The molecule has 4 nitrogen and oxygen atoms in total. The zero-order chi connectivity index (χ0) is 12.9. The molecule has 1 atom stereocenters. The minimum absolute atomic E-state index is 0.0975. The van der Waals surface area contributed by atoms with Gasteiger partial charge in [-0.2, -0.15) is 0 Å². The Balaban J connectivity index is 2.56. The van der Waals surface area contributed by atoms with Crippen molar-refractivity contribution in [2.24, 2.45) is 0 Å². The molecule has 96 valence electrons. The van der Waals surface area contributed by atoms with Gasteiger partial charge in [0.15, 0.2) is 0 Å². The van der Waals surface area contributed by atoms with Gasteiger partial charge in [0.05, 0.1) is 5.75 Å². The van der Waals surface area contributed by atoms with Gasteiger partial charge in [-0.05, 0) is 12.1 Å². The van der Waals surface area contributed by atoms with Crippen molar-refractivity contribution in [3.8, 4) is 0 Å². The number of rotatable bonds is 6. The molecule has 0 amide bonds. The molecule has 1 aromatic rings. The SMILES string of the molecule is CC(Br)CN(C)S(=O)(=O)CCc1ccccn1. The van der Waals surface area contributed by atoms with Crippen LogP contribution in [0.4, 0.5) is 0 Å². The fraction of sp³-hybridized carbons (Fsp3) is 0.545. The molecular formula is C11H17BrN2O2S. The highest BCUT2D eigenvalue weighted by molar-refractivity contribution is 9.09. The average Bonchev–Trinajstić information content (AvgIpc) is 2.27. The molecule has 0 saturated carbocycles. The topological polar surface area (TPSA) is 50.3 Å². The first-order chi connectivity index (χ1) is 7.92. The molecule has 1 heterocycles. The molecule has 0 bridgehead atoms. The molecule has 0 aliphatic heterocycles. The normalized spacial score (nSPS) is 13.9. The van der Waals surface area contributed by atoms with Crippen LogP contribution >= 0.6 is 15.9 Å². The predicted molar refractivity (Wildman–Crippen MR) is 72.7 cm³/mol. The Hall–Kier alpha value is -0.460. The summed E-state index contributed by atoms with van der Waals surface area (Å²) in [5, 5.41) is 0. The van der Waals surface area contributed by atoms with Crippen LogP contribution in [-0.4, -0.2) is 41.9 Å². The van der Waals surface area contributed by atoms with Crippen molar-refractivity contribution < 1.29 is 8.42 Å². The maximum Gasteiger partial charge on any atom is 0.214 e. The Morgan fingerprint density at radius 1 is 1.47 bits per heavy atom. The third-order valence-corrected chi connectivity index (χ3v) is 4.43. The molecule has 1 rings (SSSR count). The van der Waals surface area contributed by atoms with Crippen molar-refractivity contribution in [1.29, 1.82) is 0 Å². The number of aryl methyl sites for hydroxylation is 1. The molecule has 0 aliphatic rings. The molecule has 0 spiro atoms. The van der Waals surface area contributed by atoms with E-state index in [1.807, 2.05) is 25.1 Å². The first kappa shape index (κ1) is 14.6. The molecule has 0 N–H and O–H groups in total. The number of halogens is 1. The first-order valence-electron chi connectivity index (χ1n) is 5.40. The second kappa shape index (κ2) is 6.47. The highest BCUT2D eigenvalue weighted by atomic mass is 79.9. The molecule has 0 radical (unpaired) electrons. The quantitative estimate of drug-likeness (QED) is 0.749. The summed E-state index contributed by atoms with van der Waals surface area (Å²) in [6.45, 7) is 2.40. The van der Waals surface area contributed by atoms with Crippen molar-refractivity contribution in [3.63, 3.8) is 0 Å². The highest BCUT2D eigenvalue weighted by Gasteiger charge is 2.18. The summed E-state index contributed by atoms with van der Waals surface area (Å²) < 4.78 is 25.2. The predicted octanol–water partition coefficient (Wildman–Crippen LogP) is 1.67. The summed E-state index contributed by atoms with van der Waals surface area (Å²) in [6.07, 6.45) is 2.12. The fourth-order valence-electron chi connectivity index (χ4n) is 1.40. The minimum Gasteiger partial charge on any atom is -0.261 e. The highest BCUT2D eigenvalue weighted by Crippen LogP contribution is 2.07. The molecular weight excluding hydrogens is 304 g/mol. The standard InChI is InChI=1S/C11H17BrN2O2S/c1-10(12)9-14(2)17(15,16)8-6-11-5-3-4-7-13-11/h3-5,7,10H,6,8-9H2,1-2H3. The van der Waals surface area contributed by atoms with Crippen molar-refractivity contribution in [1.82, 2.24) is 9.29 Å². The minimum atomic E-state index is -3.19. The van der Waals surface area contributed by atoms with Crippen LogP contribution in [0.1, 0.15) is 12.6 Å². The molecule has 0 fully saturated rings. The Morgan fingerprint density at radius 3 is 2.71 bits per heavy atom. The van der Waals surface area contributed by atoms with Gasteiger partial charge < -0.3 is 0 Å². The molecule has 0 saturated heterocycles. The second-order valence-corrected chi connectivity index (χ2v) is 7.71. The van der Waals surface area contributed by atoms with Crippen LogP contribution in [-0.2, 0) is 16.4 Å². The van der Waals surface area contributed by atoms with Crippen molar-refractivity contribution >= 4 is 26.0 Å². The van der Waals surface area contributed by atoms with Gasteiger partial charge >= 0.3 is 0 Å². The van der Waals surface area contributed by atoms with E-state index in [1.54, 1.807) is 13.2 Å². The summed E-state index contributed by atoms with van der Waals surface area (Å²) >= 11 is 3.35. The second-order valence-electron chi connectivity index (χ2n) is 3.95. The third kappa shape index (κ3) is 5.14. The smallest absolute Gasteiger partial charge is 0.214 e. The number of aromatic nitrogens is 1. The zero-order valence-electron chi connectivity index (χ0n) is 10.0. The maximum absolute atomic E-state index is 11.9. The van der Waals surface area contributed by atoms with Crippen molar-refractivity contribution in [3.05, 3.63) is 30.1 Å². The number of pyridine rings is 1. The monoisotopic (exact) mass is 320 g/mol. The summed E-state index contributed by atoms with van der Waals surface area (Å²) in [7, 11) is -1.59. The van der Waals surface area contributed by atoms with Crippen LogP contribution in [0.25, 0.3) is 0 Å². The van der Waals surface area contributed by atoms with Gasteiger partial charge in [0.25, 0.3) is 0 Å². The lowest BCUT2D eigenvalue weighted by Crippen LogP contribution is -2.33. The Bertz CT molecular complexity index is 434. The van der Waals surface area contributed by atoms with Crippen LogP contribution in [0.3, 0.4) is 0 Å². The molecule has 6 heteroatoms. The van der Waals surface area contributed by atoms with Gasteiger partial charge in [0.2, 0.25) is 10.0 Å². The Morgan fingerprint density at radius 2 is 2.18 bits per heavy atom. The van der Waals surface area contributed by atoms with Crippen LogP contribution < -0.4 is 0 Å². The molecule has 1 aromatic heterocycles. The van der Waals surface area contributed by atoms with Gasteiger partial charge in [0, 0.05) is 36.7 Å². The largest absolute Gasteiger partial charge is 0.261 e. The van der Waals surface area contributed by atoms with E-state index in [2.05, 4.69) is 20.9 Å². The van der Waals surface area contributed by atoms with E-state index in [-0.39, 0.29) is 10.6 Å². The van der Waals surface area contributed by atoms with E-state index in [0.717, 1.165) is 5.69 Å². The van der Waals surface area contributed by atoms with E-state index < -0.39 is 10.0 Å². The van der Waals surface area contributed by atoms with Crippen molar-refractivity contribution in [2.45, 2.75) is 18.2 Å². The Kier molecular flexibility index (Phi) is 5.55. The zero-order valence-corrected chi connectivity index (χ0v) is 12.4. The fourth-order valence-corrected chi connectivity index (χ4v) is 3.26. The van der Waals surface area contributed by atoms with Gasteiger partial charge in [-0.15, -0.1) is 0 Å². The molecule has 0 aliphatic carbocycles. The number of hydrogen-bond acceptors (Lipinski definition) is 3. The van der Waals surface area contributed by atoms with E-state index in [1.165, 1.54) is 4.31 Å². The lowest BCUT2D eigenvalue weighted by molar-refractivity contribution is 0.473. The van der Waals surface area contributed by atoms with Crippen LogP contribution in [0.15, 0.2) is 24.4 Å². The average molecular weight is 321 g/mol. The molecule has 17 heavy (non-hydrogen) atoms. The summed E-state index contributed by atoms with van der Waals surface area (Å²) in [4.78, 5) is 4.26. The van der Waals surface area contributed by atoms with Crippen LogP contribution in [0.2, 0.25) is 0 Å². The number of nitrogens with zero attached hydrogens (tertiary/aromatic N) is 2. The van der Waals surface area contributed by atoms with E-state index in [4.69, 9.17) is 0 Å². The summed E-state index contributed by atoms with van der Waals surface area (Å²) in [5.41, 5.74) is 0.802.